The maximum Gasteiger partial charge on any atom is 0.128 e. The predicted octanol–water partition coefficient (Wildman–Crippen LogP) is 2.36. The number of aryl methyl sites for hydroxylation is 1. The summed E-state index contributed by atoms with van der Waals surface area (Å²) in [6, 6.07) is 5.03. The summed E-state index contributed by atoms with van der Waals surface area (Å²) in [5.41, 5.74) is 1.31. The molecule has 2 saturated heterocycles. The summed E-state index contributed by atoms with van der Waals surface area (Å²) < 4.78 is 0. The van der Waals surface area contributed by atoms with Crippen LogP contribution in [0, 0.1) is 12.8 Å². The Kier molecular flexibility index (Phi) is 3.50. The number of nitrogens with zero attached hydrogens (tertiary/aromatic N) is 2. The van der Waals surface area contributed by atoms with Crippen LogP contribution < -0.4 is 10.2 Å². The van der Waals surface area contributed by atoms with Crippen molar-refractivity contribution in [2.24, 2.45) is 5.92 Å². The van der Waals surface area contributed by atoms with Crippen LogP contribution in [0.1, 0.15) is 31.2 Å². The molecule has 1 aromatic heterocycles. The molecule has 0 radical (unpaired) electrons. The molecule has 2 unspecified atom stereocenters. The molecule has 2 aliphatic rings. The number of rotatable bonds is 2. The van der Waals surface area contributed by atoms with E-state index in [0.29, 0.717) is 0 Å². The molecule has 3 nitrogen and oxygen atoms in total. The van der Waals surface area contributed by atoms with Gasteiger partial charge in [0.05, 0.1) is 0 Å². The Balaban J connectivity index is 1.69. The van der Waals surface area contributed by atoms with Crippen molar-refractivity contribution in [3.8, 4) is 0 Å². The van der Waals surface area contributed by atoms with Gasteiger partial charge < -0.3 is 10.2 Å². The molecule has 3 heterocycles. The van der Waals surface area contributed by atoms with E-state index < -0.39 is 0 Å². The maximum absolute atomic E-state index is 4.53. The van der Waals surface area contributed by atoms with Gasteiger partial charge in [-0.05, 0) is 62.8 Å². The van der Waals surface area contributed by atoms with Crippen molar-refractivity contribution < 1.29 is 0 Å². The molecule has 0 bridgehead atoms. The Bertz CT molecular complexity index is 398. The molecule has 1 N–H and O–H groups in total. The van der Waals surface area contributed by atoms with Crippen LogP contribution in [-0.2, 0) is 0 Å². The summed E-state index contributed by atoms with van der Waals surface area (Å²) in [4.78, 5) is 7.00. The van der Waals surface area contributed by atoms with Gasteiger partial charge in [-0.15, -0.1) is 0 Å². The average molecular weight is 245 g/mol. The van der Waals surface area contributed by atoms with Crippen molar-refractivity contribution in [2.45, 2.75) is 38.6 Å². The smallest absolute Gasteiger partial charge is 0.128 e. The second-order valence-corrected chi connectivity index (χ2v) is 5.74. The lowest BCUT2D eigenvalue weighted by Gasteiger charge is -2.36. The SMILES string of the molecule is Cc1ccnc(N2CCCC(C3CCCN3)C2)c1. The van der Waals surface area contributed by atoms with Crippen molar-refractivity contribution in [2.75, 3.05) is 24.5 Å². The molecule has 0 spiro atoms. The van der Waals surface area contributed by atoms with Gasteiger partial charge in [0.25, 0.3) is 0 Å². The van der Waals surface area contributed by atoms with Crippen LogP contribution in [0.3, 0.4) is 0 Å². The Morgan fingerprint density at radius 3 is 3.06 bits per heavy atom. The van der Waals surface area contributed by atoms with Gasteiger partial charge in [-0.3, -0.25) is 0 Å². The Morgan fingerprint density at radius 2 is 2.28 bits per heavy atom. The van der Waals surface area contributed by atoms with E-state index in [1.807, 2.05) is 6.20 Å². The largest absolute Gasteiger partial charge is 0.356 e. The number of hydrogen-bond acceptors (Lipinski definition) is 3. The summed E-state index contributed by atoms with van der Waals surface area (Å²) >= 11 is 0. The molecule has 0 aliphatic carbocycles. The minimum Gasteiger partial charge on any atom is -0.356 e. The fraction of sp³-hybridized carbons (Fsp3) is 0.667. The zero-order valence-corrected chi connectivity index (χ0v) is 11.2. The van der Waals surface area contributed by atoms with E-state index >= 15 is 0 Å². The van der Waals surface area contributed by atoms with Gasteiger partial charge in [-0.25, -0.2) is 4.98 Å². The first-order valence-corrected chi connectivity index (χ1v) is 7.24. The zero-order chi connectivity index (χ0) is 12.4. The molecule has 2 atom stereocenters. The monoisotopic (exact) mass is 245 g/mol. The number of aromatic nitrogens is 1. The fourth-order valence-corrected chi connectivity index (χ4v) is 3.35. The summed E-state index contributed by atoms with van der Waals surface area (Å²) in [6.45, 7) is 5.70. The maximum atomic E-state index is 4.53. The Labute approximate surface area is 110 Å². The van der Waals surface area contributed by atoms with E-state index in [1.54, 1.807) is 0 Å². The van der Waals surface area contributed by atoms with Crippen LogP contribution in [0.25, 0.3) is 0 Å². The summed E-state index contributed by atoms with van der Waals surface area (Å²) in [5.74, 6) is 1.97. The number of nitrogens with one attached hydrogen (secondary N) is 1. The van der Waals surface area contributed by atoms with Gasteiger partial charge in [0.15, 0.2) is 0 Å². The molecular weight excluding hydrogens is 222 g/mol. The Morgan fingerprint density at radius 1 is 1.33 bits per heavy atom. The third-order valence-corrected chi connectivity index (χ3v) is 4.35. The van der Waals surface area contributed by atoms with Crippen LogP contribution >= 0.6 is 0 Å². The van der Waals surface area contributed by atoms with Crippen molar-refractivity contribution in [3.63, 3.8) is 0 Å². The number of pyridine rings is 1. The molecule has 0 amide bonds. The zero-order valence-electron chi connectivity index (χ0n) is 11.2. The average Bonchev–Trinajstić information content (AvgIpc) is 2.93. The first-order chi connectivity index (χ1) is 8.83. The van der Waals surface area contributed by atoms with Crippen molar-refractivity contribution >= 4 is 5.82 Å². The van der Waals surface area contributed by atoms with Gasteiger partial charge in [0, 0.05) is 25.3 Å². The van der Waals surface area contributed by atoms with Crippen LogP contribution in [0.2, 0.25) is 0 Å². The van der Waals surface area contributed by atoms with Gasteiger partial charge in [-0.1, -0.05) is 0 Å². The first kappa shape index (κ1) is 12.0. The number of anilines is 1. The van der Waals surface area contributed by atoms with Crippen LogP contribution in [0.5, 0.6) is 0 Å². The van der Waals surface area contributed by atoms with Crippen molar-refractivity contribution in [1.29, 1.82) is 0 Å². The molecular formula is C15H23N3. The quantitative estimate of drug-likeness (QED) is 0.867. The summed E-state index contributed by atoms with van der Waals surface area (Å²) in [7, 11) is 0. The Hall–Kier alpha value is -1.09. The molecule has 3 heteroatoms. The minimum atomic E-state index is 0.748. The lowest BCUT2D eigenvalue weighted by molar-refractivity contribution is 0.328. The van der Waals surface area contributed by atoms with Crippen LogP contribution in [0.15, 0.2) is 18.3 Å². The van der Waals surface area contributed by atoms with Gasteiger partial charge >= 0.3 is 0 Å². The topological polar surface area (TPSA) is 28.2 Å². The molecule has 0 saturated carbocycles. The lowest BCUT2D eigenvalue weighted by Crippen LogP contribution is -2.43. The molecule has 98 valence electrons. The second kappa shape index (κ2) is 5.27. The molecule has 1 aromatic rings. The summed E-state index contributed by atoms with van der Waals surface area (Å²) in [5, 5.41) is 3.66. The van der Waals surface area contributed by atoms with Crippen LogP contribution in [-0.4, -0.2) is 30.7 Å². The lowest BCUT2D eigenvalue weighted by atomic mass is 9.90. The van der Waals surface area contributed by atoms with E-state index in [1.165, 1.54) is 50.9 Å². The van der Waals surface area contributed by atoms with Gasteiger partial charge in [0.1, 0.15) is 5.82 Å². The van der Waals surface area contributed by atoms with E-state index in [0.717, 1.165) is 17.8 Å². The van der Waals surface area contributed by atoms with Crippen molar-refractivity contribution in [1.82, 2.24) is 10.3 Å². The number of piperidine rings is 1. The van der Waals surface area contributed by atoms with E-state index in [4.69, 9.17) is 0 Å². The first-order valence-electron chi connectivity index (χ1n) is 7.24. The van der Waals surface area contributed by atoms with E-state index in [9.17, 15) is 0 Å². The normalized spacial score (nSPS) is 28.6. The highest BCUT2D eigenvalue weighted by Gasteiger charge is 2.29. The molecule has 18 heavy (non-hydrogen) atoms. The highest BCUT2D eigenvalue weighted by atomic mass is 15.2. The van der Waals surface area contributed by atoms with E-state index in [-0.39, 0.29) is 0 Å². The molecule has 2 aliphatic heterocycles. The van der Waals surface area contributed by atoms with Gasteiger partial charge in [0.2, 0.25) is 0 Å². The van der Waals surface area contributed by atoms with E-state index in [2.05, 4.69) is 34.3 Å². The molecule has 0 aromatic carbocycles. The molecule has 3 rings (SSSR count). The summed E-state index contributed by atoms with van der Waals surface area (Å²) in [6.07, 6.45) is 7.32. The third kappa shape index (κ3) is 2.51. The highest BCUT2D eigenvalue weighted by Crippen LogP contribution is 2.27. The third-order valence-electron chi connectivity index (χ3n) is 4.35. The fourth-order valence-electron chi connectivity index (χ4n) is 3.35. The minimum absolute atomic E-state index is 0.748. The second-order valence-electron chi connectivity index (χ2n) is 5.74. The highest BCUT2D eigenvalue weighted by molar-refractivity contribution is 5.41. The van der Waals surface area contributed by atoms with Gasteiger partial charge in [-0.2, -0.15) is 0 Å². The van der Waals surface area contributed by atoms with Crippen LogP contribution in [0.4, 0.5) is 5.82 Å². The standard InChI is InChI=1S/C15H23N3/c1-12-6-8-17-15(10-12)18-9-3-4-13(11-18)14-5-2-7-16-14/h6,8,10,13-14,16H,2-5,7,9,11H2,1H3. The molecule has 2 fully saturated rings. The number of hydrogen-bond donors (Lipinski definition) is 1. The predicted molar refractivity (Wildman–Crippen MR) is 74.9 cm³/mol. The van der Waals surface area contributed by atoms with Crippen molar-refractivity contribution in [3.05, 3.63) is 23.9 Å².